The molecule has 9 heteroatoms. The summed E-state index contributed by atoms with van der Waals surface area (Å²) < 4.78 is 12.4. The number of carbonyl (C=O) groups excluding carboxylic acids is 3. The summed E-state index contributed by atoms with van der Waals surface area (Å²) in [5.41, 5.74) is 0.357. The first-order chi connectivity index (χ1) is 15.8. The summed E-state index contributed by atoms with van der Waals surface area (Å²) in [6.07, 6.45) is 0.529. The molecule has 1 atom stereocenters. The monoisotopic (exact) mass is 450 g/mol. The summed E-state index contributed by atoms with van der Waals surface area (Å²) in [7, 11) is 0. The lowest BCUT2D eigenvalue weighted by Crippen LogP contribution is -2.36. The van der Waals surface area contributed by atoms with Gasteiger partial charge in [0, 0.05) is 17.7 Å². The zero-order chi connectivity index (χ0) is 23.8. The van der Waals surface area contributed by atoms with Gasteiger partial charge in [-0.3, -0.25) is 14.4 Å². The van der Waals surface area contributed by atoms with Crippen molar-refractivity contribution < 1.29 is 23.9 Å². The minimum absolute atomic E-state index is 0.0577. The molecule has 1 heterocycles. The fourth-order valence-electron chi connectivity index (χ4n) is 2.90. The van der Waals surface area contributed by atoms with E-state index in [0.717, 1.165) is 0 Å². The SMILES string of the molecule is CC(OC(=O)CNC(=O)c1ccc(Oc2ccccc2)cc1)C(=O)Nc1ccnn1C(C)C. The first-order valence-corrected chi connectivity index (χ1v) is 10.5. The predicted molar refractivity (Wildman–Crippen MR) is 122 cm³/mol. The van der Waals surface area contributed by atoms with Crippen molar-refractivity contribution in [3.05, 3.63) is 72.4 Å². The summed E-state index contributed by atoms with van der Waals surface area (Å²) in [5, 5.41) is 9.29. The molecule has 33 heavy (non-hydrogen) atoms. The third kappa shape index (κ3) is 6.67. The van der Waals surface area contributed by atoms with Gasteiger partial charge < -0.3 is 20.1 Å². The topological polar surface area (TPSA) is 112 Å². The first-order valence-electron chi connectivity index (χ1n) is 10.5. The molecule has 0 radical (unpaired) electrons. The van der Waals surface area contributed by atoms with Crippen molar-refractivity contribution in [2.24, 2.45) is 0 Å². The van der Waals surface area contributed by atoms with Crippen molar-refractivity contribution in [2.75, 3.05) is 11.9 Å². The quantitative estimate of drug-likeness (QED) is 0.482. The van der Waals surface area contributed by atoms with E-state index in [1.165, 1.54) is 6.92 Å². The van der Waals surface area contributed by atoms with Gasteiger partial charge in [0.25, 0.3) is 11.8 Å². The number of anilines is 1. The Morgan fingerprint density at radius 3 is 2.27 bits per heavy atom. The third-order valence-electron chi connectivity index (χ3n) is 4.58. The Morgan fingerprint density at radius 2 is 1.61 bits per heavy atom. The van der Waals surface area contributed by atoms with E-state index in [9.17, 15) is 14.4 Å². The molecule has 0 aliphatic carbocycles. The summed E-state index contributed by atoms with van der Waals surface area (Å²) in [6.45, 7) is 4.94. The Bertz CT molecular complexity index is 1090. The van der Waals surface area contributed by atoms with Crippen LogP contribution in [-0.4, -0.2) is 40.2 Å². The molecule has 2 amide bonds. The van der Waals surface area contributed by atoms with Crippen molar-refractivity contribution in [1.29, 1.82) is 0 Å². The van der Waals surface area contributed by atoms with Crippen molar-refractivity contribution in [3.63, 3.8) is 0 Å². The molecular weight excluding hydrogens is 424 g/mol. The molecule has 3 rings (SSSR count). The molecule has 0 saturated heterocycles. The molecule has 3 aromatic rings. The maximum Gasteiger partial charge on any atom is 0.326 e. The Labute approximate surface area is 191 Å². The molecule has 0 aliphatic heterocycles. The number of hydrogen-bond donors (Lipinski definition) is 2. The number of nitrogens with one attached hydrogen (secondary N) is 2. The largest absolute Gasteiger partial charge is 0.457 e. The van der Waals surface area contributed by atoms with Crippen LogP contribution in [0.1, 0.15) is 37.2 Å². The third-order valence-corrected chi connectivity index (χ3v) is 4.58. The second-order valence-electron chi connectivity index (χ2n) is 7.50. The molecule has 172 valence electrons. The summed E-state index contributed by atoms with van der Waals surface area (Å²) >= 11 is 0. The van der Waals surface area contributed by atoms with Crippen LogP contribution >= 0.6 is 0 Å². The summed E-state index contributed by atoms with van der Waals surface area (Å²) in [5.74, 6) is 0.0978. The van der Waals surface area contributed by atoms with Crippen molar-refractivity contribution >= 4 is 23.6 Å². The van der Waals surface area contributed by atoms with Crippen LogP contribution in [0.4, 0.5) is 5.82 Å². The Hall–Kier alpha value is -4.14. The van der Waals surface area contributed by atoms with Crippen LogP contribution in [0.5, 0.6) is 11.5 Å². The summed E-state index contributed by atoms with van der Waals surface area (Å²) in [4.78, 5) is 36.7. The number of carbonyl (C=O) groups is 3. The van der Waals surface area contributed by atoms with Gasteiger partial charge in [-0.15, -0.1) is 0 Å². The minimum atomic E-state index is -1.04. The minimum Gasteiger partial charge on any atom is -0.457 e. The molecular formula is C24H26N4O5. The second-order valence-corrected chi connectivity index (χ2v) is 7.50. The average Bonchev–Trinajstić information content (AvgIpc) is 3.27. The highest BCUT2D eigenvalue weighted by Crippen LogP contribution is 2.21. The van der Waals surface area contributed by atoms with Gasteiger partial charge in [-0.05, 0) is 57.2 Å². The Morgan fingerprint density at radius 1 is 0.939 bits per heavy atom. The molecule has 2 aromatic carbocycles. The van der Waals surface area contributed by atoms with E-state index in [-0.39, 0.29) is 12.6 Å². The van der Waals surface area contributed by atoms with Gasteiger partial charge in [-0.1, -0.05) is 18.2 Å². The van der Waals surface area contributed by atoms with Crippen LogP contribution < -0.4 is 15.4 Å². The van der Waals surface area contributed by atoms with E-state index in [1.807, 2.05) is 44.2 Å². The second kappa shape index (κ2) is 10.9. The van der Waals surface area contributed by atoms with Gasteiger partial charge in [0.05, 0.1) is 6.20 Å². The number of para-hydroxylation sites is 1. The van der Waals surface area contributed by atoms with Crippen molar-refractivity contribution in [2.45, 2.75) is 32.9 Å². The standard InChI is InChI=1S/C24H26N4O5/c1-16(2)28-21(13-14-26-28)27-23(30)17(3)32-22(29)15-25-24(31)18-9-11-20(12-10-18)33-19-7-5-4-6-8-19/h4-14,16-17H,15H2,1-3H3,(H,25,31)(H,27,30). The number of ether oxygens (including phenoxy) is 2. The van der Waals surface area contributed by atoms with Crippen molar-refractivity contribution in [1.82, 2.24) is 15.1 Å². The fraction of sp³-hybridized carbons (Fsp3) is 0.250. The van der Waals surface area contributed by atoms with Crippen LogP contribution in [0.3, 0.4) is 0 Å². The number of rotatable bonds is 9. The molecule has 0 bridgehead atoms. The lowest BCUT2D eigenvalue weighted by Gasteiger charge is -2.16. The van der Waals surface area contributed by atoms with Crippen LogP contribution in [0.25, 0.3) is 0 Å². The average molecular weight is 450 g/mol. The molecule has 9 nitrogen and oxygen atoms in total. The van der Waals surface area contributed by atoms with Gasteiger partial charge in [-0.2, -0.15) is 5.10 Å². The highest BCUT2D eigenvalue weighted by Gasteiger charge is 2.20. The fourth-order valence-corrected chi connectivity index (χ4v) is 2.90. The van der Waals surface area contributed by atoms with Gasteiger partial charge in [0.15, 0.2) is 6.10 Å². The molecule has 0 saturated carbocycles. The number of aromatic nitrogens is 2. The van der Waals surface area contributed by atoms with Crippen LogP contribution in [0, 0.1) is 0 Å². The van der Waals surface area contributed by atoms with Gasteiger partial charge in [0.2, 0.25) is 0 Å². The molecule has 1 aromatic heterocycles. The van der Waals surface area contributed by atoms with Gasteiger partial charge in [-0.25, -0.2) is 4.68 Å². The number of hydrogen-bond acceptors (Lipinski definition) is 6. The molecule has 0 fully saturated rings. The highest BCUT2D eigenvalue weighted by molar-refractivity contribution is 5.97. The van der Waals surface area contributed by atoms with Crippen LogP contribution in [0.2, 0.25) is 0 Å². The van der Waals surface area contributed by atoms with E-state index in [2.05, 4.69) is 15.7 Å². The zero-order valence-corrected chi connectivity index (χ0v) is 18.6. The lowest BCUT2D eigenvalue weighted by molar-refractivity contribution is -0.152. The van der Waals surface area contributed by atoms with E-state index in [1.54, 1.807) is 41.2 Å². The number of esters is 1. The summed E-state index contributed by atoms with van der Waals surface area (Å²) in [6, 6.07) is 17.5. The maximum atomic E-state index is 12.3. The zero-order valence-electron chi connectivity index (χ0n) is 18.6. The van der Waals surface area contributed by atoms with E-state index in [0.29, 0.717) is 22.9 Å². The molecule has 1 unspecified atom stereocenters. The predicted octanol–water partition coefficient (Wildman–Crippen LogP) is 3.56. The number of amides is 2. The maximum absolute atomic E-state index is 12.3. The highest BCUT2D eigenvalue weighted by atomic mass is 16.5. The molecule has 2 N–H and O–H groups in total. The normalized spacial score (nSPS) is 11.5. The van der Waals surface area contributed by atoms with Gasteiger partial charge in [0.1, 0.15) is 23.9 Å². The molecule has 0 aliphatic rings. The van der Waals surface area contributed by atoms with E-state index >= 15 is 0 Å². The Kier molecular flexibility index (Phi) is 7.80. The molecule has 0 spiro atoms. The Balaban J connectivity index is 1.45. The smallest absolute Gasteiger partial charge is 0.326 e. The van der Waals surface area contributed by atoms with E-state index < -0.39 is 23.9 Å². The van der Waals surface area contributed by atoms with Crippen molar-refractivity contribution in [3.8, 4) is 11.5 Å². The first kappa shape index (κ1) is 23.5. The lowest BCUT2D eigenvalue weighted by atomic mass is 10.2. The van der Waals surface area contributed by atoms with Gasteiger partial charge >= 0.3 is 5.97 Å². The number of benzene rings is 2. The number of nitrogens with zero attached hydrogens (tertiary/aromatic N) is 2. The van der Waals surface area contributed by atoms with E-state index in [4.69, 9.17) is 9.47 Å². The van der Waals surface area contributed by atoms with Crippen LogP contribution in [-0.2, 0) is 14.3 Å². The van der Waals surface area contributed by atoms with Crippen LogP contribution in [0.15, 0.2) is 66.9 Å².